The van der Waals surface area contributed by atoms with Crippen LogP contribution >= 0.6 is 0 Å². The largest absolute Gasteiger partial charge is 0.344 e. The van der Waals surface area contributed by atoms with E-state index in [1.807, 2.05) is 0 Å². The Kier molecular flexibility index (Phi) is 4.98. The first-order valence-electron chi connectivity index (χ1n) is 7.03. The third kappa shape index (κ3) is 4.04. The number of carbonyl (C=O) groups is 2. The van der Waals surface area contributed by atoms with Crippen LogP contribution in [0.3, 0.4) is 0 Å². The molecule has 0 spiro atoms. The molecule has 1 saturated carbocycles. The Morgan fingerprint density at radius 3 is 2.43 bits per heavy atom. The molecule has 1 aromatic carbocycles. The van der Waals surface area contributed by atoms with Gasteiger partial charge in [0, 0.05) is 12.0 Å². The summed E-state index contributed by atoms with van der Waals surface area (Å²) in [5.41, 5.74) is 0. The summed E-state index contributed by atoms with van der Waals surface area (Å²) in [6.07, 6.45) is 2.41. The van der Waals surface area contributed by atoms with Crippen LogP contribution in [0, 0.1) is 17.6 Å². The highest BCUT2D eigenvalue weighted by Crippen LogP contribution is 2.26. The molecule has 0 aromatic heterocycles. The van der Waals surface area contributed by atoms with Gasteiger partial charge in [-0.15, -0.1) is 0 Å². The average Bonchev–Trinajstić information content (AvgIpc) is 2.34. The number of halogens is 2. The van der Waals surface area contributed by atoms with Crippen molar-refractivity contribution in [2.24, 2.45) is 5.92 Å². The first kappa shape index (κ1) is 17.3. The number of amides is 2. The van der Waals surface area contributed by atoms with Crippen molar-refractivity contribution >= 4 is 21.8 Å². The highest BCUT2D eigenvalue weighted by atomic mass is 32.2. The molecule has 0 saturated heterocycles. The van der Waals surface area contributed by atoms with Gasteiger partial charge in [-0.25, -0.2) is 21.9 Å². The summed E-state index contributed by atoms with van der Waals surface area (Å²) in [7, 11) is -4.49. The van der Waals surface area contributed by atoms with Crippen LogP contribution in [0.25, 0.3) is 0 Å². The summed E-state index contributed by atoms with van der Waals surface area (Å²) < 4.78 is 51.9. The minimum absolute atomic E-state index is 0.156. The highest BCUT2D eigenvalue weighted by molar-refractivity contribution is 7.90. The molecule has 1 fully saturated rings. The van der Waals surface area contributed by atoms with Gasteiger partial charge in [0.05, 0.1) is 0 Å². The van der Waals surface area contributed by atoms with Crippen LogP contribution in [-0.4, -0.2) is 26.3 Å². The summed E-state index contributed by atoms with van der Waals surface area (Å²) in [5.74, 6) is -3.72. The zero-order chi connectivity index (χ0) is 17.2. The van der Waals surface area contributed by atoms with Gasteiger partial charge >= 0.3 is 0 Å². The maximum absolute atomic E-state index is 13.5. The number of hydrogen-bond donors (Lipinski definition) is 2. The summed E-state index contributed by atoms with van der Waals surface area (Å²) >= 11 is 0. The standard InChI is InChI=1S/C14H16F2N2O4S/c1-8(17-14(20)9-3-2-4-9)13(19)18-23(21,22)12-6-5-10(15)7-11(12)16/h5-9H,2-4H2,1H3,(H,17,20)(H,18,19)/t8-/m1/s1. The fourth-order valence-electron chi connectivity index (χ4n) is 2.04. The molecule has 0 unspecified atom stereocenters. The van der Waals surface area contributed by atoms with Crippen LogP contribution in [0.15, 0.2) is 23.1 Å². The van der Waals surface area contributed by atoms with Crippen LogP contribution in [0.4, 0.5) is 8.78 Å². The molecule has 2 N–H and O–H groups in total. The van der Waals surface area contributed by atoms with Crippen molar-refractivity contribution in [3.8, 4) is 0 Å². The van der Waals surface area contributed by atoms with Gasteiger partial charge in [0.25, 0.3) is 15.9 Å². The van der Waals surface area contributed by atoms with Crippen molar-refractivity contribution in [3.63, 3.8) is 0 Å². The van der Waals surface area contributed by atoms with E-state index < -0.39 is 38.5 Å². The van der Waals surface area contributed by atoms with Gasteiger partial charge < -0.3 is 5.32 Å². The minimum Gasteiger partial charge on any atom is -0.344 e. The van der Waals surface area contributed by atoms with Gasteiger partial charge in [-0.2, -0.15) is 0 Å². The second-order valence-electron chi connectivity index (χ2n) is 5.40. The lowest BCUT2D eigenvalue weighted by Crippen LogP contribution is -2.49. The average molecular weight is 346 g/mol. The lowest BCUT2D eigenvalue weighted by Gasteiger charge is -2.25. The molecular formula is C14H16F2N2O4S. The lowest BCUT2D eigenvalue weighted by molar-refractivity contribution is -0.131. The van der Waals surface area contributed by atoms with E-state index in [0.717, 1.165) is 31.4 Å². The molecule has 2 rings (SSSR count). The Morgan fingerprint density at radius 1 is 1.26 bits per heavy atom. The molecular weight excluding hydrogens is 330 g/mol. The van der Waals surface area contributed by atoms with Crippen LogP contribution in [0.1, 0.15) is 26.2 Å². The molecule has 0 heterocycles. The van der Waals surface area contributed by atoms with E-state index in [1.165, 1.54) is 6.92 Å². The van der Waals surface area contributed by atoms with Crippen LogP contribution in [0.2, 0.25) is 0 Å². The summed E-state index contributed by atoms with van der Waals surface area (Å²) in [4.78, 5) is 22.8. The zero-order valence-electron chi connectivity index (χ0n) is 12.3. The van der Waals surface area contributed by atoms with Crippen molar-refractivity contribution in [1.29, 1.82) is 0 Å². The molecule has 23 heavy (non-hydrogen) atoms. The van der Waals surface area contributed by atoms with Gasteiger partial charge in [0.2, 0.25) is 5.91 Å². The topological polar surface area (TPSA) is 92.3 Å². The van der Waals surface area contributed by atoms with E-state index in [4.69, 9.17) is 0 Å². The van der Waals surface area contributed by atoms with E-state index in [-0.39, 0.29) is 11.8 Å². The van der Waals surface area contributed by atoms with Crippen molar-refractivity contribution in [3.05, 3.63) is 29.8 Å². The predicted octanol–water partition coefficient (Wildman–Crippen LogP) is 1.07. The molecule has 9 heteroatoms. The number of benzene rings is 1. The summed E-state index contributed by atoms with van der Waals surface area (Å²) in [5, 5.41) is 2.41. The fraction of sp³-hybridized carbons (Fsp3) is 0.429. The van der Waals surface area contributed by atoms with Gasteiger partial charge in [-0.05, 0) is 31.9 Å². The molecule has 1 atom stereocenters. The van der Waals surface area contributed by atoms with E-state index in [0.29, 0.717) is 6.07 Å². The Balaban J connectivity index is 2.04. The second kappa shape index (κ2) is 6.61. The van der Waals surface area contributed by atoms with E-state index in [1.54, 1.807) is 4.72 Å². The van der Waals surface area contributed by atoms with Gasteiger partial charge in [0.15, 0.2) is 0 Å². The monoisotopic (exact) mass is 346 g/mol. The molecule has 126 valence electrons. The highest BCUT2D eigenvalue weighted by Gasteiger charge is 2.29. The van der Waals surface area contributed by atoms with Crippen molar-refractivity contribution in [1.82, 2.24) is 10.0 Å². The van der Waals surface area contributed by atoms with Gasteiger partial charge in [-0.3, -0.25) is 9.59 Å². The number of rotatable bonds is 5. The molecule has 0 radical (unpaired) electrons. The molecule has 0 aliphatic heterocycles. The predicted molar refractivity (Wildman–Crippen MR) is 76.6 cm³/mol. The fourth-order valence-corrected chi connectivity index (χ4v) is 3.15. The van der Waals surface area contributed by atoms with E-state index in [9.17, 15) is 26.8 Å². The molecule has 1 aliphatic rings. The Hall–Kier alpha value is -2.03. The van der Waals surface area contributed by atoms with Crippen molar-refractivity contribution < 1.29 is 26.8 Å². The summed E-state index contributed by atoms with van der Waals surface area (Å²) in [6, 6.07) is 0.796. The van der Waals surface area contributed by atoms with E-state index >= 15 is 0 Å². The first-order chi connectivity index (χ1) is 10.7. The molecule has 1 aliphatic carbocycles. The number of nitrogens with one attached hydrogen (secondary N) is 2. The van der Waals surface area contributed by atoms with Crippen LogP contribution < -0.4 is 10.0 Å². The molecule has 1 aromatic rings. The van der Waals surface area contributed by atoms with Crippen molar-refractivity contribution in [2.45, 2.75) is 37.1 Å². The minimum atomic E-state index is -4.49. The third-order valence-electron chi connectivity index (χ3n) is 3.65. The Morgan fingerprint density at radius 2 is 1.91 bits per heavy atom. The Labute approximate surface area is 132 Å². The van der Waals surface area contributed by atoms with Crippen LogP contribution in [0.5, 0.6) is 0 Å². The smallest absolute Gasteiger partial charge is 0.267 e. The number of carbonyl (C=O) groups excluding carboxylic acids is 2. The maximum Gasteiger partial charge on any atom is 0.267 e. The van der Waals surface area contributed by atoms with E-state index in [2.05, 4.69) is 5.32 Å². The lowest BCUT2D eigenvalue weighted by atomic mass is 9.84. The summed E-state index contributed by atoms with van der Waals surface area (Å²) in [6.45, 7) is 1.32. The Bertz CT molecular complexity index is 732. The number of hydrogen-bond acceptors (Lipinski definition) is 4. The first-order valence-corrected chi connectivity index (χ1v) is 8.51. The zero-order valence-corrected chi connectivity index (χ0v) is 13.1. The quantitative estimate of drug-likeness (QED) is 0.834. The maximum atomic E-state index is 13.5. The van der Waals surface area contributed by atoms with Gasteiger partial charge in [-0.1, -0.05) is 6.42 Å². The van der Waals surface area contributed by atoms with Crippen LogP contribution in [-0.2, 0) is 19.6 Å². The van der Waals surface area contributed by atoms with Crippen molar-refractivity contribution in [2.75, 3.05) is 0 Å². The SMILES string of the molecule is C[C@@H](NC(=O)C1CCC1)C(=O)NS(=O)(=O)c1ccc(F)cc1F. The number of sulfonamides is 1. The molecule has 0 bridgehead atoms. The third-order valence-corrected chi connectivity index (χ3v) is 5.03. The van der Waals surface area contributed by atoms with Gasteiger partial charge in [0.1, 0.15) is 22.6 Å². The molecule has 2 amide bonds. The molecule has 6 nitrogen and oxygen atoms in total. The second-order valence-corrected chi connectivity index (χ2v) is 7.05. The normalized spacial score (nSPS) is 16.3.